The van der Waals surface area contributed by atoms with Crippen molar-refractivity contribution in [3.63, 3.8) is 0 Å². The van der Waals surface area contributed by atoms with E-state index < -0.39 is 16.0 Å². The first kappa shape index (κ1) is 16.7. The highest BCUT2D eigenvalue weighted by atomic mass is 32.2. The summed E-state index contributed by atoms with van der Waals surface area (Å²) in [6.45, 7) is 1.83. The first-order valence-electron chi connectivity index (χ1n) is 6.87. The van der Waals surface area contributed by atoms with Crippen LogP contribution in [0.3, 0.4) is 0 Å². The molecule has 0 atom stereocenters. The van der Waals surface area contributed by atoms with E-state index in [1.165, 1.54) is 25.3 Å². The molecule has 1 fully saturated rings. The maximum absolute atomic E-state index is 11.8. The standard InChI is InChI=1S/C14H19NO6S/c1-19-14(16)12-8-11(22(15,17)18)2-3-13(12)21-9-10-4-6-20-7-5-10/h2-3,8,10H,4-7,9H2,1H3,(H2,15,17,18). The lowest BCUT2D eigenvalue weighted by Gasteiger charge is -2.22. The quantitative estimate of drug-likeness (QED) is 0.806. The van der Waals surface area contributed by atoms with Gasteiger partial charge >= 0.3 is 5.97 Å². The maximum atomic E-state index is 11.8. The molecular weight excluding hydrogens is 310 g/mol. The molecule has 0 unspecified atom stereocenters. The molecule has 0 aromatic heterocycles. The zero-order valence-electron chi connectivity index (χ0n) is 12.3. The summed E-state index contributed by atoms with van der Waals surface area (Å²) in [6.07, 6.45) is 1.78. The monoisotopic (exact) mass is 329 g/mol. The first-order valence-corrected chi connectivity index (χ1v) is 8.42. The Hall–Kier alpha value is -1.64. The van der Waals surface area contributed by atoms with Crippen LogP contribution in [0.25, 0.3) is 0 Å². The fourth-order valence-electron chi connectivity index (χ4n) is 2.20. The number of ether oxygens (including phenoxy) is 3. The molecule has 1 aliphatic rings. The van der Waals surface area contributed by atoms with Gasteiger partial charge in [-0.05, 0) is 37.0 Å². The van der Waals surface area contributed by atoms with Gasteiger partial charge in [-0.2, -0.15) is 0 Å². The van der Waals surface area contributed by atoms with Gasteiger partial charge in [-0.1, -0.05) is 0 Å². The molecule has 0 saturated carbocycles. The van der Waals surface area contributed by atoms with Crippen molar-refractivity contribution in [2.45, 2.75) is 17.7 Å². The Balaban J connectivity index is 2.20. The Morgan fingerprint density at radius 3 is 2.64 bits per heavy atom. The van der Waals surface area contributed by atoms with E-state index in [1.54, 1.807) is 0 Å². The van der Waals surface area contributed by atoms with Crippen LogP contribution in [0.15, 0.2) is 23.1 Å². The van der Waals surface area contributed by atoms with Gasteiger partial charge < -0.3 is 14.2 Å². The van der Waals surface area contributed by atoms with Gasteiger partial charge in [0.2, 0.25) is 10.0 Å². The van der Waals surface area contributed by atoms with E-state index in [1.807, 2.05) is 0 Å². The molecule has 8 heteroatoms. The molecule has 0 aliphatic carbocycles. The number of primary sulfonamides is 1. The largest absolute Gasteiger partial charge is 0.492 e. The second kappa shape index (κ2) is 7.08. The number of rotatable bonds is 5. The molecule has 1 heterocycles. The predicted octanol–water partition coefficient (Wildman–Crippen LogP) is 0.926. The molecule has 0 bridgehead atoms. The lowest BCUT2D eigenvalue weighted by molar-refractivity contribution is 0.0483. The highest BCUT2D eigenvalue weighted by molar-refractivity contribution is 7.89. The van der Waals surface area contributed by atoms with Gasteiger partial charge in [0.25, 0.3) is 0 Å². The number of methoxy groups -OCH3 is 1. The predicted molar refractivity (Wildman–Crippen MR) is 78.2 cm³/mol. The van der Waals surface area contributed by atoms with Crippen molar-refractivity contribution in [3.8, 4) is 5.75 Å². The Bertz CT molecular complexity index is 637. The van der Waals surface area contributed by atoms with E-state index in [0.717, 1.165) is 12.8 Å². The molecule has 22 heavy (non-hydrogen) atoms. The highest BCUT2D eigenvalue weighted by Gasteiger charge is 2.20. The van der Waals surface area contributed by atoms with Crippen LogP contribution in [0.2, 0.25) is 0 Å². The number of nitrogens with two attached hydrogens (primary N) is 1. The maximum Gasteiger partial charge on any atom is 0.341 e. The number of carbonyl (C=O) groups excluding carboxylic acids is 1. The fourth-order valence-corrected chi connectivity index (χ4v) is 2.74. The average Bonchev–Trinajstić information content (AvgIpc) is 2.52. The zero-order chi connectivity index (χ0) is 16.2. The zero-order valence-corrected chi connectivity index (χ0v) is 13.1. The van der Waals surface area contributed by atoms with Gasteiger partial charge in [-0.15, -0.1) is 0 Å². The third-order valence-corrected chi connectivity index (χ3v) is 4.41. The number of carbonyl (C=O) groups is 1. The highest BCUT2D eigenvalue weighted by Crippen LogP contribution is 2.25. The van der Waals surface area contributed by atoms with E-state index in [-0.39, 0.29) is 16.2 Å². The summed E-state index contributed by atoms with van der Waals surface area (Å²) in [5, 5.41) is 5.07. The average molecular weight is 329 g/mol. The molecule has 0 spiro atoms. The van der Waals surface area contributed by atoms with Gasteiger partial charge in [-0.25, -0.2) is 18.4 Å². The van der Waals surface area contributed by atoms with E-state index in [4.69, 9.17) is 14.6 Å². The second-order valence-corrected chi connectivity index (χ2v) is 6.62. The molecule has 0 radical (unpaired) electrons. The van der Waals surface area contributed by atoms with E-state index >= 15 is 0 Å². The summed E-state index contributed by atoms with van der Waals surface area (Å²) in [4.78, 5) is 11.6. The second-order valence-electron chi connectivity index (χ2n) is 5.06. The normalized spacial score (nSPS) is 16.3. The topological polar surface area (TPSA) is 105 Å². The van der Waals surface area contributed by atoms with Gasteiger partial charge in [0.1, 0.15) is 11.3 Å². The number of esters is 1. The van der Waals surface area contributed by atoms with Crippen LogP contribution >= 0.6 is 0 Å². The van der Waals surface area contributed by atoms with Crippen LogP contribution in [0.4, 0.5) is 0 Å². The summed E-state index contributed by atoms with van der Waals surface area (Å²) in [5.41, 5.74) is 0.0427. The third-order valence-electron chi connectivity index (χ3n) is 3.50. The Labute approximate surface area is 129 Å². The molecule has 1 aromatic carbocycles. The first-order chi connectivity index (χ1) is 10.4. The number of hydrogen-bond acceptors (Lipinski definition) is 6. The number of sulfonamides is 1. The molecule has 1 aliphatic heterocycles. The Morgan fingerprint density at radius 1 is 1.36 bits per heavy atom. The molecule has 1 saturated heterocycles. The van der Waals surface area contributed by atoms with Gasteiger partial charge in [0, 0.05) is 13.2 Å². The molecule has 2 rings (SSSR count). The molecule has 122 valence electrons. The van der Waals surface area contributed by atoms with Crippen LogP contribution in [-0.4, -0.2) is 41.3 Å². The number of benzene rings is 1. The molecular formula is C14H19NO6S. The summed E-state index contributed by atoms with van der Waals surface area (Å²) in [6, 6.07) is 3.90. The van der Waals surface area contributed by atoms with Crippen LogP contribution in [0, 0.1) is 5.92 Å². The van der Waals surface area contributed by atoms with Crippen LogP contribution in [-0.2, 0) is 19.5 Å². The van der Waals surface area contributed by atoms with E-state index in [2.05, 4.69) is 4.74 Å². The third kappa shape index (κ3) is 4.19. The van der Waals surface area contributed by atoms with Crippen LogP contribution in [0.1, 0.15) is 23.2 Å². The van der Waals surface area contributed by atoms with Gasteiger partial charge in [-0.3, -0.25) is 0 Å². The minimum absolute atomic E-state index is 0.0427. The van der Waals surface area contributed by atoms with Crippen molar-refractivity contribution in [3.05, 3.63) is 23.8 Å². The van der Waals surface area contributed by atoms with E-state index in [9.17, 15) is 13.2 Å². The van der Waals surface area contributed by atoms with Crippen molar-refractivity contribution >= 4 is 16.0 Å². The summed E-state index contributed by atoms with van der Waals surface area (Å²) >= 11 is 0. The van der Waals surface area contributed by atoms with Crippen molar-refractivity contribution in [2.24, 2.45) is 11.1 Å². The molecule has 0 amide bonds. The summed E-state index contributed by atoms with van der Waals surface area (Å²) in [5.74, 6) is -0.0459. The number of hydrogen-bond donors (Lipinski definition) is 1. The lowest BCUT2D eigenvalue weighted by atomic mass is 10.0. The molecule has 1 aromatic rings. The van der Waals surface area contributed by atoms with Crippen molar-refractivity contribution in [2.75, 3.05) is 26.9 Å². The molecule has 2 N–H and O–H groups in total. The Kier molecular flexibility index (Phi) is 5.38. The van der Waals surface area contributed by atoms with Crippen molar-refractivity contribution < 1.29 is 27.4 Å². The molecule has 7 nitrogen and oxygen atoms in total. The smallest absolute Gasteiger partial charge is 0.341 e. The Morgan fingerprint density at radius 2 is 2.05 bits per heavy atom. The minimum Gasteiger partial charge on any atom is -0.492 e. The SMILES string of the molecule is COC(=O)c1cc(S(N)(=O)=O)ccc1OCC1CCOCC1. The summed E-state index contributed by atoms with van der Waals surface area (Å²) in [7, 11) is -2.68. The minimum atomic E-state index is -3.90. The van der Waals surface area contributed by atoms with E-state index in [0.29, 0.717) is 25.7 Å². The fraction of sp³-hybridized carbons (Fsp3) is 0.500. The van der Waals surface area contributed by atoms with Crippen LogP contribution in [0.5, 0.6) is 5.75 Å². The van der Waals surface area contributed by atoms with Crippen LogP contribution < -0.4 is 9.88 Å². The van der Waals surface area contributed by atoms with Gasteiger partial charge in [0.05, 0.1) is 18.6 Å². The summed E-state index contributed by atoms with van der Waals surface area (Å²) < 4.78 is 38.4. The van der Waals surface area contributed by atoms with Crippen molar-refractivity contribution in [1.82, 2.24) is 0 Å². The van der Waals surface area contributed by atoms with Gasteiger partial charge in [0.15, 0.2) is 0 Å². The van der Waals surface area contributed by atoms with Crippen molar-refractivity contribution in [1.29, 1.82) is 0 Å². The lowest BCUT2D eigenvalue weighted by Crippen LogP contribution is -2.22.